The van der Waals surface area contributed by atoms with E-state index in [1.54, 1.807) is 30.6 Å². The van der Waals surface area contributed by atoms with E-state index in [0.717, 1.165) is 43.5 Å². The van der Waals surface area contributed by atoms with Crippen LogP contribution in [0.1, 0.15) is 75.4 Å². The summed E-state index contributed by atoms with van der Waals surface area (Å²) < 4.78 is 0. The molecule has 0 aliphatic carbocycles. The minimum Gasteiger partial charge on any atom is -0.465 e. The summed E-state index contributed by atoms with van der Waals surface area (Å²) in [6, 6.07) is 17.7. The van der Waals surface area contributed by atoms with E-state index in [-0.39, 0.29) is 24.8 Å². The predicted molar refractivity (Wildman–Crippen MR) is 234 cm³/mol. The predicted octanol–water partition coefficient (Wildman–Crippen LogP) is 6.70. The normalized spacial score (nSPS) is 15.9. The molecule has 4 N–H and O–H groups in total. The Morgan fingerprint density at radius 3 is 2.10 bits per heavy atom. The van der Waals surface area contributed by atoms with Gasteiger partial charge in [0.25, 0.3) is 0 Å². The molecule has 13 nitrogen and oxygen atoms in total. The van der Waals surface area contributed by atoms with Gasteiger partial charge in [-0.1, -0.05) is 102 Å². The molecule has 0 radical (unpaired) electrons. The molecular weight excluding hydrogens is 779 g/mol. The molecule has 1 saturated heterocycles. The van der Waals surface area contributed by atoms with Gasteiger partial charge in [0.1, 0.15) is 12.1 Å². The van der Waals surface area contributed by atoms with Gasteiger partial charge in [0.15, 0.2) is 0 Å². The Morgan fingerprint density at radius 2 is 1.53 bits per heavy atom. The number of aliphatic hydroxyl groups is 1. The Balaban J connectivity index is 1.43. The highest BCUT2D eigenvalue weighted by Gasteiger charge is 2.44. The number of aliphatic hydroxyl groups excluding tert-OH is 1. The molecular formula is C46H61N7O6S. The molecule has 0 bridgehead atoms. The fourth-order valence-electron chi connectivity index (χ4n) is 8.00. The quantitative estimate of drug-likeness (QED) is 0.0967. The summed E-state index contributed by atoms with van der Waals surface area (Å²) in [5, 5.41) is 31.3. The second kappa shape index (κ2) is 19.4. The first-order valence-corrected chi connectivity index (χ1v) is 21.4. The summed E-state index contributed by atoms with van der Waals surface area (Å²) >= 11 is 1.53. The number of carbonyl (C=O) groups excluding carboxylic acids is 3. The second-order valence-corrected chi connectivity index (χ2v) is 19.2. The number of urea groups is 1. The average Bonchev–Trinajstić information content (AvgIpc) is 3.74. The summed E-state index contributed by atoms with van der Waals surface area (Å²) in [6.07, 6.45) is 0.00752. The zero-order valence-electron chi connectivity index (χ0n) is 36.3. The Morgan fingerprint density at radius 1 is 0.867 bits per heavy atom. The van der Waals surface area contributed by atoms with Gasteiger partial charge in [0.2, 0.25) is 11.8 Å². The molecule has 60 heavy (non-hydrogen) atoms. The van der Waals surface area contributed by atoms with Gasteiger partial charge in [-0.2, -0.15) is 0 Å². The molecule has 2 aromatic carbocycles. The van der Waals surface area contributed by atoms with Crippen molar-refractivity contribution in [3.63, 3.8) is 0 Å². The molecule has 5 rings (SSSR count). The minimum absolute atomic E-state index is 0.0476. The van der Waals surface area contributed by atoms with Gasteiger partial charge >= 0.3 is 12.1 Å². The largest absolute Gasteiger partial charge is 0.465 e. The van der Waals surface area contributed by atoms with Gasteiger partial charge in [0.05, 0.1) is 35.1 Å². The molecule has 0 spiro atoms. The summed E-state index contributed by atoms with van der Waals surface area (Å²) in [4.78, 5) is 68.1. The minimum atomic E-state index is -1.25. The van der Waals surface area contributed by atoms with Crippen molar-refractivity contribution in [2.45, 2.75) is 111 Å². The average molecular weight is 840 g/mol. The lowest BCUT2D eigenvalue weighted by Gasteiger charge is -2.38. The monoisotopic (exact) mass is 839 g/mol. The molecule has 0 saturated carbocycles. The standard InChI is InChI=1S/C46H61N7O6S/c1-29-15-20-36(47-26-29)33-18-16-32(17-19-33)24-37(50-41(55)39(45(3,4)5)51(9)44(58)59)38(54)25-34(23-31-13-11-10-12-14-31)49-42(56)40(46(6,7)8)53-22-21-52(43(53)57)27-35-28-60-30(2)48-35/h10-20,26,28,34,37-40,54H,21-25,27H2,1-9H3,(H,49,56)(H,50,55)(H,58,59)/t34-,37-,38+,39+,40+/m0/s1. The van der Waals surface area contributed by atoms with Crippen molar-refractivity contribution in [1.82, 2.24) is 35.3 Å². The van der Waals surface area contributed by atoms with E-state index in [2.05, 4.69) is 20.6 Å². The first-order valence-electron chi connectivity index (χ1n) is 20.5. The van der Waals surface area contributed by atoms with E-state index in [0.29, 0.717) is 26.1 Å². The van der Waals surface area contributed by atoms with Crippen LogP contribution in [0.15, 0.2) is 78.3 Å². The maximum atomic E-state index is 14.6. The number of likely N-dealkylation sites (N-methyl/N-ethyl adjacent to an activating group) is 1. The van der Waals surface area contributed by atoms with Crippen LogP contribution in [0.5, 0.6) is 0 Å². The van der Waals surface area contributed by atoms with Crippen LogP contribution in [-0.2, 0) is 29.0 Å². The van der Waals surface area contributed by atoms with Crippen molar-refractivity contribution >= 4 is 35.3 Å². The molecule has 4 aromatic rings. The molecule has 5 atom stereocenters. The third-order valence-electron chi connectivity index (χ3n) is 10.9. The highest BCUT2D eigenvalue weighted by molar-refractivity contribution is 7.09. The highest BCUT2D eigenvalue weighted by Crippen LogP contribution is 2.30. The lowest BCUT2D eigenvalue weighted by Crippen LogP contribution is -2.59. The fourth-order valence-corrected chi connectivity index (χ4v) is 8.61. The molecule has 1 aliphatic heterocycles. The van der Waals surface area contributed by atoms with E-state index in [1.807, 2.05) is 113 Å². The van der Waals surface area contributed by atoms with Gasteiger partial charge in [-0.05, 0) is 66.7 Å². The van der Waals surface area contributed by atoms with Crippen LogP contribution < -0.4 is 10.6 Å². The van der Waals surface area contributed by atoms with Crippen molar-refractivity contribution in [3.05, 3.63) is 106 Å². The number of hydrogen-bond donors (Lipinski definition) is 4. The molecule has 2 aromatic heterocycles. The van der Waals surface area contributed by atoms with E-state index in [1.165, 1.54) is 18.4 Å². The van der Waals surface area contributed by atoms with E-state index >= 15 is 0 Å². The number of nitrogens with zero attached hydrogens (tertiary/aromatic N) is 5. The van der Waals surface area contributed by atoms with Crippen LogP contribution in [0.4, 0.5) is 9.59 Å². The zero-order chi connectivity index (χ0) is 43.9. The zero-order valence-corrected chi connectivity index (χ0v) is 37.1. The molecule has 5 amide bonds. The van der Waals surface area contributed by atoms with E-state index in [4.69, 9.17) is 0 Å². The van der Waals surface area contributed by atoms with Crippen LogP contribution in [-0.4, -0.2) is 109 Å². The van der Waals surface area contributed by atoms with E-state index in [9.17, 15) is 29.4 Å². The molecule has 14 heteroatoms. The van der Waals surface area contributed by atoms with Crippen molar-refractivity contribution in [2.75, 3.05) is 20.1 Å². The highest BCUT2D eigenvalue weighted by atomic mass is 32.1. The second-order valence-electron chi connectivity index (χ2n) is 18.1. The number of benzene rings is 2. The van der Waals surface area contributed by atoms with Crippen LogP contribution >= 0.6 is 11.3 Å². The number of hydrogen-bond acceptors (Lipinski definition) is 8. The smallest absolute Gasteiger partial charge is 0.407 e. The Bertz CT molecular complexity index is 2080. The van der Waals surface area contributed by atoms with Gasteiger partial charge < -0.3 is 30.6 Å². The number of nitrogens with one attached hydrogen (secondary N) is 2. The molecule has 1 fully saturated rings. The number of thiazole rings is 1. The van der Waals surface area contributed by atoms with Gasteiger partial charge in [0, 0.05) is 43.3 Å². The summed E-state index contributed by atoms with van der Waals surface area (Å²) in [7, 11) is 1.36. The Hall–Kier alpha value is -5.34. The first kappa shape index (κ1) is 45.7. The lowest BCUT2D eigenvalue weighted by atomic mass is 9.84. The fraction of sp³-hybridized carbons (Fsp3) is 0.478. The number of aryl methyl sites for hydroxylation is 2. The van der Waals surface area contributed by atoms with Crippen LogP contribution in [0, 0.1) is 24.7 Å². The van der Waals surface area contributed by atoms with Crippen molar-refractivity contribution < 1.29 is 29.4 Å². The molecule has 0 unspecified atom stereocenters. The summed E-state index contributed by atoms with van der Waals surface area (Å²) in [6.45, 7) is 16.3. The SMILES string of the molecule is Cc1ccc(-c2ccc(C[C@H](NC(=O)[C@@H](N(C)C(=O)O)C(C)(C)C)[C@H](O)C[C@H](Cc3ccccc3)NC(=O)[C@@H](N3CCN(Cc4csc(C)n4)C3=O)C(C)(C)C)cc2)nc1. The van der Waals surface area contributed by atoms with Gasteiger partial charge in [-0.3, -0.25) is 19.5 Å². The first-order chi connectivity index (χ1) is 28.2. The molecule has 3 heterocycles. The van der Waals surface area contributed by atoms with Crippen LogP contribution in [0.25, 0.3) is 11.3 Å². The maximum Gasteiger partial charge on any atom is 0.407 e. The molecule has 322 valence electrons. The van der Waals surface area contributed by atoms with Gasteiger partial charge in [-0.25, -0.2) is 14.6 Å². The number of carbonyl (C=O) groups is 4. The Labute approximate surface area is 358 Å². The third kappa shape index (κ3) is 11.9. The van der Waals surface area contributed by atoms with E-state index < -0.39 is 53.1 Å². The maximum absolute atomic E-state index is 14.6. The summed E-state index contributed by atoms with van der Waals surface area (Å²) in [5.41, 5.74) is 3.93. The summed E-state index contributed by atoms with van der Waals surface area (Å²) in [5.74, 6) is -0.884. The topological polar surface area (TPSA) is 168 Å². The number of pyridine rings is 1. The van der Waals surface area contributed by atoms with Gasteiger partial charge in [-0.15, -0.1) is 11.3 Å². The molecule has 1 aliphatic rings. The number of amides is 5. The van der Waals surface area contributed by atoms with Crippen molar-refractivity contribution in [1.29, 1.82) is 0 Å². The lowest BCUT2D eigenvalue weighted by molar-refractivity contribution is -0.131. The number of aromatic nitrogens is 2. The van der Waals surface area contributed by atoms with Crippen LogP contribution in [0.2, 0.25) is 0 Å². The third-order valence-corrected chi connectivity index (χ3v) is 11.7. The number of carboxylic acid groups (broad SMARTS) is 1. The van der Waals surface area contributed by atoms with Crippen molar-refractivity contribution in [3.8, 4) is 11.3 Å². The Kier molecular flexibility index (Phi) is 14.8. The van der Waals surface area contributed by atoms with Crippen LogP contribution in [0.3, 0.4) is 0 Å². The number of rotatable bonds is 16. The van der Waals surface area contributed by atoms with Crippen molar-refractivity contribution in [2.24, 2.45) is 10.8 Å².